The van der Waals surface area contributed by atoms with Crippen molar-refractivity contribution in [1.82, 2.24) is 4.90 Å². The zero-order valence-electron chi connectivity index (χ0n) is 11.4. The van der Waals surface area contributed by atoms with Crippen molar-refractivity contribution in [3.8, 4) is 5.75 Å². The van der Waals surface area contributed by atoms with Gasteiger partial charge in [0.1, 0.15) is 5.75 Å². The van der Waals surface area contributed by atoms with Crippen LogP contribution in [0.1, 0.15) is 35.7 Å². The van der Waals surface area contributed by atoms with Gasteiger partial charge in [-0.2, -0.15) is 0 Å². The smallest absolute Gasteiger partial charge is 0.257 e. The average molecular weight is 326 g/mol. The number of benzene rings is 1. The number of halogens is 1. The Morgan fingerprint density at radius 1 is 1.42 bits per heavy atom. The Morgan fingerprint density at radius 2 is 2.05 bits per heavy atom. The molecule has 1 aliphatic rings. The van der Waals surface area contributed by atoms with Crippen LogP contribution in [-0.4, -0.2) is 33.8 Å². The van der Waals surface area contributed by atoms with Crippen molar-refractivity contribution in [2.45, 2.75) is 31.5 Å². The van der Waals surface area contributed by atoms with Crippen LogP contribution in [-0.2, 0) is 0 Å². The first-order valence-corrected chi connectivity index (χ1v) is 7.63. The number of carbonyl (C=O) groups is 1. The Balaban J connectivity index is 2.05. The molecule has 4 heteroatoms. The summed E-state index contributed by atoms with van der Waals surface area (Å²) in [5.74, 6) is 0.662. The first kappa shape index (κ1) is 14.4. The minimum Gasteiger partial charge on any atom is -0.507 e. The molecule has 3 nitrogen and oxygen atoms in total. The molecule has 1 aromatic carbocycles. The quantitative estimate of drug-likeness (QED) is 0.847. The van der Waals surface area contributed by atoms with Gasteiger partial charge in [0.2, 0.25) is 0 Å². The second-order valence-corrected chi connectivity index (χ2v) is 6.77. The van der Waals surface area contributed by atoms with Crippen LogP contribution >= 0.6 is 15.9 Å². The highest BCUT2D eigenvalue weighted by Crippen LogP contribution is 2.27. The minimum absolute atomic E-state index is 0.0572. The summed E-state index contributed by atoms with van der Waals surface area (Å²) in [5, 5.41) is 9.88. The molecule has 1 heterocycles. The van der Waals surface area contributed by atoms with E-state index >= 15 is 0 Å². The van der Waals surface area contributed by atoms with E-state index in [4.69, 9.17) is 0 Å². The molecular weight excluding hydrogens is 306 g/mol. The summed E-state index contributed by atoms with van der Waals surface area (Å²) in [4.78, 5) is 14.7. The third-order valence-corrected chi connectivity index (χ3v) is 4.61. The van der Waals surface area contributed by atoms with Gasteiger partial charge in [-0.15, -0.1) is 0 Å². The molecule has 1 aliphatic heterocycles. The Kier molecular flexibility index (Phi) is 4.50. The lowest BCUT2D eigenvalue weighted by atomic mass is 9.94. The summed E-state index contributed by atoms with van der Waals surface area (Å²) in [5.41, 5.74) is 1.37. The van der Waals surface area contributed by atoms with Crippen molar-refractivity contribution in [3.05, 3.63) is 29.3 Å². The molecule has 1 fully saturated rings. The summed E-state index contributed by atoms with van der Waals surface area (Å²) in [6.07, 6.45) is 2.04. The number of aryl methyl sites for hydroxylation is 1. The monoisotopic (exact) mass is 325 g/mol. The number of hydrogen-bond donors (Lipinski definition) is 1. The van der Waals surface area contributed by atoms with Crippen LogP contribution in [0.5, 0.6) is 5.75 Å². The molecule has 0 saturated carbocycles. The predicted molar refractivity (Wildman–Crippen MR) is 79.9 cm³/mol. The summed E-state index contributed by atoms with van der Waals surface area (Å²) in [6.45, 7) is 5.60. The van der Waals surface area contributed by atoms with E-state index < -0.39 is 0 Å². The molecular formula is C15H20BrNO2. The fraction of sp³-hybridized carbons (Fsp3) is 0.533. The molecule has 1 N–H and O–H groups in total. The van der Waals surface area contributed by atoms with E-state index in [1.807, 2.05) is 17.9 Å². The molecule has 2 rings (SSSR count). The first-order valence-electron chi connectivity index (χ1n) is 6.72. The number of rotatable bonds is 2. The van der Waals surface area contributed by atoms with E-state index in [1.165, 1.54) is 0 Å². The van der Waals surface area contributed by atoms with Crippen LogP contribution in [0, 0.1) is 12.8 Å². The summed E-state index contributed by atoms with van der Waals surface area (Å²) < 4.78 is 0. The number of phenols is 1. The second-order valence-electron chi connectivity index (χ2n) is 5.33. The second kappa shape index (κ2) is 5.95. The van der Waals surface area contributed by atoms with E-state index in [2.05, 4.69) is 22.9 Å². The van der Waals surface area contributed by atoms with Gasteiger partial charge in [-0.25, -0.2) is 0 Å². The Morgan fingerprint density at radius 3 is 2.58 bits per heavy atom. The van der Waals surface area contributed by atoms with E-state index in [0.717, 1.165) is 31.5 Å². The number of nitrogens with zero attached hydrogens (tertiary/aromatic N) is 1. The molecule has 1 amide bonds. The summed E-state index contributed by atoms with van der Waals surface area (Å²) in [6, 6.07) is 5.22. The molecule has 0 spiro atoms. The average Bonchev–Trinajstić information content (AvgIpc) is 2.38. The molecule has 1 atom stereocenters. The van der Waals surface area contributed by atoms with Crippen molar-refractivity contribution in [3.63, 3.8) is 0 Å². The van der Waals surface area contributed by atoms with Crippen molar-refractivity contribution in [2.75, 3.05) is 13.1 Å². The highest BCUT2D eigenvalue weighted by molar-refractivity contribution is 9.09. The van der Waals surface area contributed by atoms with Crippen LogP contribution in [0.25, 0.3) is 0 Å². The maximum absolute atomic E-state index is 12.4. The molecule has 1 unspecified atom stereocenters. The van der Waals surface area contributed by atoms with Gasteiger partial charge in [0.25, 0.3) is 5.91 Å². The Hall–Kier alpha value is -1.03. The van der Waals surface area contributed by atoms with Crippen LogP contribution in [0.2, 0.25) is 0 Å². The number of hydrogen-bond acceptors (Lipinski definition) is 2. The van der Waals surface area contributed by atoms with E-state index in [-0.39, 0.29) is 11.7 Å². The van der Waals surface area contributed by atoms with Crippen molar-refractivity contribution in [2.24, 2.45) is 5.92 Å². The van der Waals surface area contributed by atoms with Crippen LogP contribution in [0.4, 0.5) is 0 Å². The predicted octanol–water partition coefficient (Wildman–Crippen LogP) is 3.34. The number of phenolic OH excluding ortho intramolecular Hbond substituents is 1. The molecule has 1 aromatic rings. The van der Waals surface area contributed by atoms with Crippen LogP contribution in [0.3, 0.4) is 0 Å². The van der Waals surface area contributed by atoms with Crippen molar-refractivity contribution in [1.29, 1.82) is 0 Å². The normalized spacial score (nSPS) is 18.4. The maximum atomic E-state index is 12.4. The molecule has 0 radical (unpaired) electrons. The summed E-state index contributed by atoms with van der Waals surface area (Å²) in [7, 11) is 0. The zero-order valence-corrected chi connectivity index (χ0v) is 13.0. The van der Waals surface area contributed by atoms with E-state index in [0.29, 0.717) is 16.3 Å². The number of aromatic hydroxyl groups is 1. The van der Waals surface area contributed by atoms with Gasteiger partial charge in [-0.1, -0.05) is 28.9 Å². The van der Waals surface area contributed by atoms with Crippen LogP contribution < -0.4 is 0 Å². The van der Waals surface area contributed by atoms with Gasteiger partial charge in [-0.3, -0.25) is 4.79 Å². The lowest BCUT2D eigenvalue weighted by Gasteiger charge is -2.33. The third kappa shape index (κ3) is 3.30. The third-order valence-electron chi connectivity index (χ3n) is 3.86. The SMILES string of the molecule is Cc1ccc(C(=O)N2CCC(C(C)Br)CC2)c(O)c1. The molecule has 0 aliphatic carbocycles. The standard InChI is InChI=1S/C15H20BrNO2/c1-10-3-4-13(14(18)9-10)15(19)17-7-5-12(6-8-17)11(2)16/h3-4,9,11-12,18H,5-8H2,1-2H3. The molecule has 0 aromatic heterocycles. The van der Waals surface area contributed by atoms with E-state index in [1.54, 1.807) is 12.1 Å². The Labute approximate surface area is 122 Å². The molecule has 1 saturated heterocycles. The summed E-state index contributed by atoms with van der Waals surface area (Å²) >= 11 is 3.61. The van der Waals surface area contributed by atoms with Crippen molar-refractivity contribution < 1.29 is 9.90 Å². The number of carbonyl (C=O) groups excluding carboxylic acids is 1. The minimum atomic E-state index is -0.0572. The number of amides is 1. The first-order chi connectivity index (χ1) is 8.99. The zero-order chi connectivity index (χ0) is 14.0. The topological polar surface area (TPSA) is 40.5 Å². The fourth-order valence-electron chi connectivity index (χ4n) is 2.55. The number of alkyl halides is 1. The van der Waals surface area contributed by atoms with Gasteiger partial charge in [0.05, 0.1) is 5.56 Å². The molecule has 0 bridgehead atoms. The maximum Gasteiger partial charge on any atom is 0.257 e. The highest BCUT2D eigenvalue weighted by Gasteiger charge is 2.26. The largest absolute Gasteiger partial charge is 0.507 e. The van der Waals surface area contributed by atoms with Gasteiger partial charge in [0, 0.05) is 17.9 Å². The van der Waals surface area contributed by atoms with Gasteiger partial charge in [-0.05, 0) is 43.4 Å². The van der Waals surface area contributed by atoms with Gasteiger partial charge in [0.15, 0.2) is 0 Å². The van der Waals surface area contributed by atoms with Crippen molar-refractivity contribution >= 4 is 21.8 Å². The number of piperidine rings is 1. The molecule has 104 valence electrons. The van der Waals surface area contributed by atoms with Crippen LogP contribution in [0.15, 0.2) is 18.2 Å². The molecule has 19 heavy (non-hydrogen) atoms. The fourth-order valence-corrected chi connectivity index (χ4v) is 3.08. The van der Waals surface area contributed by atoms with Gasteiger partial charge >= 0.3 is 0 Å². The highest BCUT2D eigenvalue weighted by atomic mass is 79.9. The number of likely N-dealkylation sites (tertiary alicyclic amines) is 1. The lowest BCUT2D eigenvalue weighted by Crippen LogP contribution is -2.40. The van der Waals surface area contributed by atoms with E-state index in [9.17, 15) is 9.90 Å². The lowest BCUT2D eigenvalue weighted by molar-refractivity contribution is 0.0688. The Bertz CT molecular complexity index is 465. The van der Waals surface area contributed by atoms with Gasteiger partial charge < -0.3 is 10.0 Å².